The maximum atomic E-state index is 11.4. The summed E-state index contributed by atoms with van der Waals surface area (Å²) in [5.74, 6) is 0.0952. The summed E-state index contributed by atoms with van der Waals surface area (Å²) < 4.78 is 25.4. The number of aliphatic hydroxyl groups excluding tert-OH is 1. The van der Waals surface area contributed by atoms with Crippen LogP contribution >= 0.6 is 11.3 Å². The fourth-order valence-corrected chi connectivity index (χ4v) is 3.11. The van der Waals surface area contributed by atoms with Gasteiger partial charge >= 0.3 is 0 Å². The first-order valence-electron chi connectivity index (χ1n) is 5.24. The predicted molar refractivity (Wildman–Crippen MR) is 66.1 cm³/mol. The van der Waals surface area contributed by atoms with E-state index < -0.39 is 10.0 Å². The molecule has 16 heavy (non-hydrogen) atoms. The van der Waals surface area contributed by atoms with Gasteiger partial charge in [-0.2, -0.15) is 0 Å². The summed E-state index contributed by atoms with van der Waals surface area (Å²) >= 11 is 1.63. The molecule has 0 aromatic carbocycles. The van der Waals surface area contributed by atoms with E-state index in [2.05, 4.69) is 4.72 Å². The van der Waals surface area contributed by atoms with E-state index in [1.807, 2.05) is 17.5 Å². The number of hydrogen-bond acceptors (Lipinski definition) is 4. The SMILES string of the molecule is O=S(=O)(CCCCO)NCCc1cccs1. The normalized spacial score (nSPS) is 11.8. The summed E-state index contributed by atoms with van der Waals surface area (Å²) in [5.41, 5.74) is 0. The van der Waals surface area contributed by atoms with E-state index in [1.54, 1.807) is 11.3 Å². The molecule has 0 bridgehead atoms. The van der Waals surface area contributed by atoms with Crippen LogP contribution in [-0.4, -0.2) is 32.4 Å². The van der Waals surface area contributed by atoms with Gasteiger partial charge in [0.2, 0.25) is 10.0 Å². The summed E-state index contributed by atoms with van der Waals surface area (Å²) in [7, 11) is -3.16. The van der Waals surface area contributed by atoms with Gasteiger partial charge < -0.3 is 5.11 Å². The van der Waals surface area contributed by atoms with E-state index in [4.69, 9.17) is 5.11 Å². The highest BCUT2D eigenvalue weighted by Crippen LogP contribution is 2.08. The number of rotatable bonds is 8. The lowest BCUT2D eigenvalue weighted by Crippen LogP contribution is -2.28. The van der Waals surface area contributed by atoms with Crippen molar-refractivity contribution in [3.8, 4) is 0 Å². The van der Waals surface area contributed by atoms with E-state index in [0.717, 1.165) is 6.42 Å². The molecule has 0 aliphatic carbocycles. The minimum atomic E-state index is -3.16. The van der Waals surface area contributed by atoms with Gasteiger partial charge in [-0.15, -0.1) is 11.3 Å². The van der Waals surface area contributed by atoms with Crippen LogP contribution in [0.4, 0.5) is 0 Å². The topological polar surface area (TPSA) is 66.4 Å². The molecule has 0 atom stereocenters. The molecule has 0 unspecified atom stereocenters. The minimum absolute atomic E-state index is 0.0463. The van der Waals surface area contributed by atoms with Gasteiger partial charge in [-0.25, -0.2) is 13.1 Å². The second-order valence-corrected chi connectivity index (χ2v) is 6.43. The molecule has 0 radical (unpaired) electrons. The molecular weight excluding hydrogens is 246 g/mol. The zero-order valence-electron chi connectivity index (χ0n) is 9.05. The third-order valence-corrected chi connectivity index (χ3v) is 4.50. The lowest BCUT2D eigenvalue weighted by Gasteiger charge is -2.05. The zero-order valence-corrected chi connectivity index (χ0v) is 10.7. The standard InChI is InChI=1S/C10H17NO3S2/c12-7-1-2-9-16(13,14)11-6-5-10-4-3-8-15-10/h3-4,8,11-12H,1-2,5-7,9H2. The highest BCUT2D eigenvalue weighted by molar-refractivity contribution is 7.89. The first kappa shape index (κ1) is 13.6. The average molecular weight is 263 g/mol. The Kier molecular flexibility index (Phi) is 5.97. The van der Waals surface area contributed by atoms with Gasteiger partial charge in [0.1, 0.15) is 0 Å². The maximum absolute atomic E-state index is 11.4. The third-order valence-electron chi connectivity index (χ3n) is 2.09. The van der Waals surface area contributed by atoms with Crippen molar-refractivity contribution in [2.75, 3.05) is 18.9 Å². The van der Waals surface area contributed by atoms with Crippen LogP contribution in [0.25, 0.3) is 0 Å². The summed E-state index contributed by atoms with van der Waals surface area (Å²) in [5, 5.41) is 10.5. The summed E-state index contributed by atoms with van der Waals surface area (Å²) in [6, 6.07) is 3.94. The quantitative estimate of drug-likeness (QED) is 0.687. The number of sulfonamides is 1. The molecule has 0 amide bonds. The zero-order chi connectivity index (χ0) is 11.9. The van der Waals surface area contributed by atoms with E-state index in [1.165, 1.54) is 4.88 Å². The Labute approximate surface area is 100 Å². The van der Waals surface area contributed by atoms with E-state index in [-0.39, 0.29) is 12.4 Å². The molecule has 4 nitrogen and oxygen atoms in total. The molecule has 1 aromatic rings. The van der Waals surface area contributed by atoms with Crippen LogP contribution in [0.15, 0.2) is 17.5 Å². The van der Waals surface area contributed by atoms with Crippen LogP contribution in [0.1, 0.15) is 17.7 Å². The molecule has 92 valence electrons. The molecule has 1 heterocycles. The minimum Gasteiger partial charge on any atom is -0.396 e. The summed E-state index contributed by atoms with van der Waals surface area (Å²) in [6.07, 6.45) is 1.77. The number of hydrogen-bond donors (Lipinski definition) is 2. The van der Waals surface area contributed by atoms with Crippen LogP contribution < -0.4 is 4.72 Å². The van der Waals surface area contributed by atoms with Crippen molar-refractivity contribution in [3.63, 3.8) is 0 Å². The Bertz CT molecular complexity index is 373. The molecule has 1 aromatic heterocycles. The molecule has 0 spiro atoms. The van der Waals surface area contributed by atoms with Gasteiger partial charge in [0, 0.05) is 18.0 Å². The van der Waals surface area contributed by atoms with Crippen molar-refractivity contribution < 1.29 is 13.5 Å². The summed E-state index contributed by atoms with van der Waals surface area (Å²) in [6.45, 7) is 0.493. The van der Waals surface area contributed by atoms with Crippen LogP contribution in [0, 0.1) is 0 Å². The Hall–Kier alpha value is -0.430. The van der Waals surface area contributed by atoms with Gasteiger partial charge in [-0.3, -0.25) is 0 Å². The highest BCUT2D eigenvalue weighted by Gasteiger charge is 2.08. The van der Waals surface area contributed by atoms with Crippen molar-refractivity contribution in [2.24, 2.45) is 0 Å². The molecule has 0 saturated heterocycles. The first-order chi connectivity index (χ1) is 7.64. The molecule has 0 aliphatic rings. The predicted octanol–water partition coefficient (Wildman–Crippen LogP) is 0.982. The van der Waals surface area contributed by atoms with Crippen molar-refractivity contribution in [2.45, 2.75) is 19.3 Å². The Morgan fingerprint density at radius 2 is 2.19 bits per heavy atom. The molecule has 1 rings (SSSR count). The van der Waals surface area contributed by atoms with Crippen molar-refractivity contribution in [3.05, 3.63) is 22.4 Å². The first-order valence-corrected chi connectivity index (χ1v) is 7.78. The van der Waals surface area contributed by atoms with E-state index in [0.29, 0.717) is 19.4 Å². The Morgan fingerprint density at radius 1 is 1.38 bits per heavy atom. The molecule has 0 fully saturated rings. The molecule has 0 saturated carbocycles. The molecular formula is C10H17NO3S2. The second-order valence-electron chi connectivity index (χ2n) is 3.47. The van der Waals surface area contributed by atoms with Crippen molar-refractivity contribution in [1.82, 2.24) is 4.72 Å². The monoisotopic (exact) mass is 263 g/mol. The smallest absolute Gasteiger partial charge is 0.211 e. The molecule has 2 N–H and O–H groups in total. The fourth-order valence-electron chi connectivity index (χ4n) is 1.26. The van der Waals surface area contributed by atoms with Crippen LogP contribution in [0.2, 0.25) is 0 Å². The Balaban J connectivity index is 2.20. The lowest BCUT2D eigenvalue weighted by atomic mass is 10.3. The van der Waals surface area contributed by atoms with Gasteiger partial charge in [0.15, 0.2) is 0 Å². The average Bonchev–Trinajstić information content (AvgIpc) is 2.70. The van der Waals surface area contributed by atoms with Crippen LogP contribution in [-0.2, 0) is 16.4 Å². The summed E-state index contributed by atoms with van der Waals surface area (Å²) in [4.78, 5) is 1.18. The molecule has 6 heteroatoms. The Morgan fingerprint density at radius 3 is 2.81 bits per heavy atom. The molecule has 0 aliphatic heterocycles. The largest absolute Gasteiger partial charge is 0.396 e. The van der Waals surface area contributed by atoms with E-state index >= 15 is 0 Å². The second kappa shape index (κ2) is 7.01. The number of thiophene rings is 1. The lowest BCUT2D eigenvalue weighted by molar-refractivity contribution is 0.287. The number of aliphatic hydroxyl groups is 1. The third kappa shape index (κ3) is 5.60. The van der Waals surface area contributed by atoms with Crippen molar-refractivity contribution >= 4 is 21.4 Å². The van der Waals surface area contributed by atoms with Gasteiger partial charge in [-0.05, 0) is 30.7 Å². The van der Waals surface area contributed by atoms with Crippen LogP contribution in [0.5, 0.6) is 0 Å². The van der Waals surface area contributed by atoms with Crippen molar-refractivity contribution in [1.29, 1.82) is 0 Å². The number of nitrogens with one attached hydrogen (secondary N) is 1. The van der Waals surface area contributed by atoms with Gasteiger partial charge in [-0.1, -0.05) is 6.07 Å². The highest BCUT2D eigenvalue weighted by atomic mass is 32.2. The van der Waals surface area contributed by atoms with Gasteiger partial charge in [0.05, 0.1) is 5.75 Å². The number of unbranched alkanes of at least 4 members (excludes halogenated alkanes) is 1. The van der Waals surface area contributed by atoms with Crippen LogP contribution in [0.3, 0.4) is 0 Å². The van der Waals surface area contributed by atoms with Gasteiger partial charge in [0.25, 0.3) is 0 Å². The maximum Gasteiger partial charge on any atom is 0.211 e. The van der Waals surface area contributed by atoms with E-state index in [9.17, 15) is 8.42 Å². The fraction of sp³-hybridized carbons (Fsp3) is 0.600.